The molecule has 5 nitrogen and oxygen atoms in total. The van der Waals surface area contributed by atoms with E-state index >= 15 is 0 Å². The van der Waals surface area contributed by atoms with Crippen LogP contribution in [0.15, 0.2) is 24.7 Å². The fourth-order valence-corrected chi connectivity index (χ4v) is 3.00. The standard InChI is InChI=1S/C14H21N5/c1-11(15-2)12-5-3-4-9-18(12)14-13-6-7-17-19(13)10-8-16-14/h6-8,10-12,15H,3-5,9H2,1-2H3. The van der Waals surface area contributed by atoms with Gasteiger partial charge in [-0.2, -0.15) is 5.10 Å². The van der Waals surface area contributed by atoms with E-state index in [4.69, 9.17) is 0 Å². The summed E-state index contributed by atoms with van der Waals surface area (Å²) in [5.74, 6) is 1.06. The second-order valence-corrected chi connectivity index (χ2v) is 5.25. The van der Waals surface area contributed by atoms with Crippen molar-refractivity contribution in [1.82, 2.24) is 19.9 Å². The van der Waals surface area contributed by atoms with Crippen LogP contribution in [0.5, 0.6) is 0 Å². The Bertz CT molecular complexity index is 550. The highest BCUT2D eigenvalue weighted by Crippen LogP contribution is 2.27. The molecule has 0 aromatic carbocycles. The zero-order chi connectivity index (χ0) is 13.2. The Hall–Kier alpha value is -1.62. The second-order valence-electron chi connectivity index (χ2n) is 5.25. The first-order valence-electron chi connectivity index (χ1n) is 7.03. The number of aromatic nitrogens is 3. The number of piperidine rings is 1. The molecule has 3 rings (SSSR count). The molecule has 1 aliphatic rings. The smallest absolute Gasteiger partial charge is 0.154 e. The van der Waals surface area contributed by atoms with Gasteiger partial charge in [-0.15, -0.1) is 0 Å². The third kappa shape index (κ3) is 2.18. The van der Waals surface area contributed by atoms with Crippen LogP contribution in [0, 0.1) is 0 Å². The lowest BCUT2D eigenvalue weighted by Gasteiger charge is -2.40. The van der Waals surface area contributed by atoms with E-state index < -0.39 is 0 Å². The van der Waals surface area contributed by atoms with Crippen molar-refractivity contribution < 1.29 is 0 Å². The van der Waals surface area contributed by atoms with E-state index in [-0.39, 0.29) is 0 Å². The minimum Gasteiger partial charge on any atom is -0.350 e. The van der Waals surface area contributed by atoms with Crippen LogP contribution in [0.2, 0.25) is 0 Å². The molecule has 0 aliphatic carbocycles. The summed E-state index contributed by atoms with van der Waals surface area (Å²) in [5.41, 5.74) is 1.10. The van der Waals surface area contributed by atoms with E-state index in [1.807, 2.05) is 36.2 Å². The molecule has 0 amide bonds. The lowest BCUT2D eigenvalue weighted by atomic mass is 9.96. The molecule has 0 bridgehead atoms. The molecule has 1 aliphatic heterocycles. The van der Waals surface area contributed by atoms with Crippen LogP contribution in [-0.4, -0.2) is 40.3 Å². The highest BCUT2D eigenvalue weighted by atomic mass is 15.3. The predicted molar refractivity (Wildman–Crippen MR) is 76.5 cm³/mol. The quantitative estimate of drug-likeness (QED) is 0.911. The van der Waals surface area contributed by atoms with Gasteiger partial charge in [-0.3, -0.25) is 0 Å². The summed E-state index contributed by atoms with van der Waals surface area (Å²) >= 11 is 0. The first-order chi connectivity index (χ1) is 9.31. The third-order valence-corrected chi connectivity index (χ3v) is 4.16. The van der Waals surface area contributed by atoms with Gasteiger partial charge in [-0.25, -0.2) is 9.50 Å². The normalized spacial score (nSPS) is 21.8. The summed E-state index contributed by atoms with van der Waals surface area (Å²) in [6.45, 7) is 3.33. The van der Waals surface area contributed by atoms with Gasteiger partial charge < -0.3 is 10.2 Å². The number of likely N-dealkylation sites (N-methyl/N-ethyl adjacent to an activating group) is 1. The molecule has 19 heavy (non-hydrogen) atoms. The number of fused-ring (bicyclic) bond motifs is 1. The van der Waals surface area contributed by atoms with Crippen LogP contribution < -0.4 is 10.2 Å². The van der Waals surface area contributed by atoms with E-state index in [0.717, 1.165) is 17.9 Å². The van der Waals surface area contributed by atoms with Crippen molar-refractivity contribution in [3.63, 3.8) is 0 Å². The Morgan fingerprint density at radius 3 is 3.11 bits per heavy atom. The maximum absolute atomic E-state index is 4.61. The van der Waals surface area contributed by atoms with E-state index in [0.29, 0.717) is 12.1 Å². The number of nitrogens with zero attached hydrogens (tertiary/aromatic N) is 4. The Labute approximate surface area is 113 Å². The van der Waals surface area contributed by atoms with Gasteiger partial charge in [0.05, 0.1) is 6.20 Å². The third-order valence-electron chi connectivity index (χ3n) is 4.16. The van der Waals surface area contributed by atoms with Gasteiger partial charge in [-0.1, -0.05) is 0 Å². The van der Waals surface area contributed by atoms with Gasteiger partial charge >= 0.3 is 0 Å². The summed E-state index contributed by atoms with van der Waals surface area (Å²) in [7, 11) is 2.03. The molecular formula is C14H21N5. The van der Waals surface area contributed by atoms with Crippen molar-refractivity contribution in [2.24, 2.45) is 0 Å². The topological polar surface area (TPSA) is 45.5 Å². The number of anilines is 1. The maximum atomic E-state index is 4.61. The summed E-state index contributed by atoms with van der Waals surface area (Å²) in [5, 5.41) is 7.68. The lowest BCUT2D eigenvalue weighted by Crippen LogP contribution is -2.50. The summed E-state index contributed by atoms with van der Waals surface area (Å²) in [6.07, 6.45) is 9.34. The molecule has 0 radical (unpaired) electrons. The number of hydrogen-bond acceptors (Lipinski definition) is 4. The first kappa shape index (κ1) is 12.4. The van der Waals surface area contributed by atoms with Crippen molar-refractivity contribution in [2.75, 3.05) is 18.5 Å². The second kappa shape index (κ2) is 5.17. The minimum absolute atomic E-state index is 0.463. The van der Waals surface area contributed by atoms with Gasteiger partial charge in [0.15, 0.2) is 5.82 Å². The van der Waals surface area contributed by atoms with Crippen LogP contribution in [0.25, 0.3) is 5.52 Å². The Morgan fingerprint density at radius 1 is 1.37 bits per heavy atom. The van der Waals surface area contributed by atoms with Crippen molar-refractivity contribution in [1.29, 1.82) is 0 Å². The highest BCUT2D eigenvalue weighted by molar-refractivity contribution is 5.68. The van der Waals surface area contributed by atoms with Gasteiger partial charge in [0, 0.05) is 31.0 Å². The molecule has 2 aromatic heterocycles. The van der Waals surface area contributed by atoms with Crippen LogP contribution >= 0.6 is 0 Å². The fourth-order valence-electron chi connectivity index (χ4n) is 3.00. The average molecular weight is 259 g/mol. The van der Waals surface area contributed by atoms with Crippen LogP contribution in [0.4, 0.5) is 5.82 Å². The van der Waals surface area contributed by atoms with E-state index in [1.165, 1.54) is 19.3 Å². The molecule has 0 spiro atoms. The van der Waals surface area contributed by atoms with Crippen LogP contribution in [-0.2, 0) is 0 Å². The van der Waals surface area contributed by atoms with Gasteiger partial charge in [0.25, 0.3) is 0 Å². The molecular weight excluding hydrogens is 238 g/mol. The van der Waals surface area contributed by atoms with Crippen molar-refractivity contribution in [3.05, 3.63) is 24.7 Å². The average Bonchev–Trinajstić information content (AvgIpc) is 2.94. The summed E-state index contributed by atoms with van der Waals surface area (Å²) in [6, 6.07) is 3.01. The van der Waals surface area contributed by atoms with Crippen molar-refractivity contribution in [3.8, 4) is 0 Å². The predicted octanol–water partition coefficient (Wildman–Crippen LogP) is 1.70. The van der Waals surface area contributed by atoms with E-state index in [1.54, 1.807) is 0 Å². The van der Waals surface area contributed by atoms with Crippen LogP contribution in [0.1, 0.15) is 26.2 Å². The maximum Gasteiger partial charge on any atom is 0.154 e. The fraction of sp³-hybridized carbons (Fsp3) is 0.571. The van der Waals surface area contributed by atoms with Crippen molar-refractivity contribution >= 4 is 11.3 Å². The molecule has 1 fully saturated rings. The first-order valence-corrected chi connectivity index (χ1v) is 7.03. The van der Waals surface area contributed by atoms with Gasteiger partial charge in [-0.05, 0) is 39.3 Å². The molecule has 1 saturated heterocycles. The summed E-state index contributed by atoms with van der Waals surface area (Å²) < 4.78 is 1.90. The van der Waals surface area contributed by atoms with Crippen LogP contribution in [0.3, 0.4) is 0 Å². The molecule has 1 N–H and O–H groups in total. The molecule has 2 unspecified atom stereocenters. The van der Waals surface area contributed by atoms with E-state index in [9.17, 15) is 0 Å². The Kier molecular flexibility index (Phi) is 3.38. The Morgan fingerprint density at radius 2 is 2.26 bits per heavy atom. The zero-order valence-electron chi connectivity index (χ0n) is 11.6. The van der Waals surface area contributed by atoms with Gasteiger partial charge in [0.2, 0.25) is 0 Å². The molecule has 0 saturated carbocycles. The number of rotatable bonds is 3. The molecule has 5 heteroatoms. The monoisotopic (exact) mass is 259 g/mol. The largest absolute Gasteiger partial charge is 0.350 e. The zero-order valence-corrected chi connectivity index (χ0v) is 11.6. The molecule has 102 valence electrons. The number of hydrogen-bond donors (Lipinski definition) is 1. The highest BCUT2D eigenvalue weighted by Gasteiger charge is 2.28. The molecule has 2 atom stereocenters. The van der Waals surface area contributed by atoms with Crippen molar-refractivity contribution in [2.45, 2.75) is 38.3 Å². The minimum atomic E-state index is 0.463. The Balaban J connectivity index is 2.00. The summed E-state index contributed by atoms with van der Waals surface area (Å²) in [4.78, 5) is 7.05. The van der Waals surface area contributed by atoms with E-state index in [2.05, 4.69) is 27.2 Å². The van der Waals surface area contributed by atoms with Gasteiger partial charge in [0.1, 0.15) is 5.52 Å². The molecule has 3 heterocycles. The lowest BCUT2D eigenvalue weighted by molar-refractivity contribution is 0.380. The number of nitrogens with one attached hydrogen (secondary N) is 1. The SMILES string of the molecule is CNC(C)C1CCCCN1c1nccn2nccc12. The molecule has 2 aromatic rings.